The number of nitrogens with one attached hydrogen (secondary N) is 1. The highest BCUT2D eigenvalue weighted by molar-refractivity contribution is 7.07. The maximum Gasteiger partial charge on any atom is 0.117 e. The van der Waals surface area contributed by atoms with Crippen molar-refractivity contribution >= 4 is 11.3 Å². The van der Waals surface area contributed by atoms with Gasteiger partial charge < -0.3 is 4.98 Å². The molecule has 0 fully saturated rings. The van der Waals surface area contributed by atoms with Gasteiger partial charge in [-0.25, -0.2) is 0 Å². The smallest absolute Gasteiger partial charge is 0.117 e. The molecule has 2 heterocycles. The van der Waals surface area contributed by atoms with Crippen molar-refractivity contribution in [2.75, 3.05) is 0 Å². The second-order valence-corrected chi connectivity index (χ2v) is 2.81. The molecule has 0 atom stereocenters. The third-order valence-corrected chi connectivity index (χ3v) is 1.77. The van der Waals surface area contributed by atoms with Crippen LogP contribution in [0, 0.1) is 11.3 Å². The van der Waals surface area contributed by atoms with Crippen LogP contribution in [0.1, 0.15) is 5.69 Å². The molecule has 2 aromatic heterocycles. The molecule has 0 aromatic carbocycles. The lowest BCUT2D eigenvalue weighted by atomic mass is 10.5. The second kappa shape index (κ2) is 5.16. The van der Waals surface area contributed by atoms with Crippen molar-refractivity contribution in [3.63, 3.8) is 0 Å². The molecule has 0 aliphatic rings. The molecule has 0 unspecified atom stereocenters. The number of aromatic amines is 1. The fraction of sp³-hybridized carbons (Fsp3) is 0. The minimum atomic E-state index is 0.611. The first-order valence-electron chi connectivity index (χ1n) is 3.44. The van der Waals surface area contributed by atoms with E-state index in [2.05, 4.69) is 4.98 Å². The molecule has 2 rings (SSSR count). The first-order chi connectivity index (χ1) is 5.93. The normalized spacial score (nSPS) is 7.92. The van der Waals surface area contributed by atoms with Gasteiger partial charge in [-0.1, -0.05) is 12.1 Å². The van der Waals surface area contributed by atoms with Crippen molar-refractivity contribution in [3.8, 4) is 6.07 Å². The van der Waals surface area contributed by atoms with Crippen molar-refractivity contribution in [2.24, 2.45) is 0 Å². The van der Waals surface area contributed by atoms with Crippen LogP contribution in [0.25, 0.3) is 0 Å². The van der Waals surface area contributed by atoms with E-state index in [9.17, 15) is 0 Å². The molecule has 0 aliphatic heterocycles. The molecule has 1 N–H and O–H groups in total. The topological polar surface area (TPSA) is 39.6 Å². The molecular weight excluding hydrogens is 168 g/mol. The highest BCUT2D eigenvalue weighted by Gasteiger charge is 1.80. The summed E-state index contributed by atoms with van der Waals surface area (Å²) < 4.78 is 0. The Bertz CT molecular complexity index is 299. The largest absolute Gasteiger partial charge is 0.353 e. The van der Waals surface area contributed by atoms with E-state index in [4.69, 9.17) is 5.26 Å². The highest BCUT2D eigenvalue weighted by Crippen LogP contribution is 1.91. The van der Waals surface area contributed by atoms with Crippen molar-refractivity contribution in [1.29, 1.82) is 5.26 Å². The number of H-pyrrole nitrogens is 1. The average molecular weight is 176 g/mol. The summed E-state index contributed by atoms with van der Waals surface area (Å²) in [7, 11) is 0. The monoisotopic (exact) mass is 176 g/mol. The molecule has 3 heteroatoms. The van der Waals surface area contributed by atoms with E-state index in [-0.39, 0.29) is 0 Å². The molecule has 0 radical (unpaired) electrons. The van der Waals surface area contributed by atoms with Crippen LogP contribution in [0.3, 0.4) is 0 Å². The number of nitrogens with zero attached hydrogens (tertiary/aromatic N) is 1. The Labute approximate surface area is 75.1 Å². The molecular formula is C9H8N2S. The van der Waals surface area contributed by atoms with E-state index < -0.39 is 0 Å². The van der Waals surface area contributed by atoms with Crippen LogP contribution in [0.5, 0.6) is 0 Å². The first kappa shape index (κ1) is 8.57. The molecule has 2 aromatic rings. The van der Waals surface area contributed by atoms with Gasteiger partial charge in [0, 0.05) is 6.20 Å². The minimum absolute atomic E-state index is 0.611. The first-order valence-corrected chi connectivity index (χ1v) is 4.38. The van der Waals surface area contributed by atoms with E-state index in [1.165, 1.54) is 0 Å². The van der Waals surface area contributed by atoms with Gasteiger partial charge in [-0.2, -0.15) is 16.6 Å². The summed E-state index contributed by atoms with van der Waals surface area (Å²) in [6.45, 7) is 0. The second-order valence-electron chi connectivity index (χ2n) is 1.99. The molecule has 0 saturated carbocycles. The Hall–Kier alpha value is -1.53. The van der Waals surface area contributed by atoms with Crippen molar-refractivity contribution in [1.82, 2.24) is 4.98 Å². The van der Waals surface area contributed by atoms with Crippen LogP contribution < -0.4 is 0 Å². The van der Waals surface area contributed by atoms with Gasteiger partial charge in [0.1, 0.15) is 11.8 Å². The predicted octanol–water partition coefficient (Wildman–Crippen LogP) is 2.63. The summed E-state index contributed by atoms with van der Waals surface area (Å²) in [6, 6.07) is 9.50. The standard InChI is InChI=1S/C5H4N2.C4H4S/c6-4-5-2-1-3-7-5;1-2-4-5-3-1/h1-3,7H;1-4H. The SMILES string of the molecule is N#Cc1ccc[nH]1.c1ccsc1. The summed E-state index contributed by atoms with van der Waals surface area (Å²) >= 11 is 1.71. The van der Waals surface area contributed by atoms with E-state index in [0.29, 0.717) is 5.69 Å². The maximum atomic E-state index is 8.15. The van der Waals surface area contributed by atoms with E-state index >= 15 is 0 Å². The lowest BCUT2D eigenvalue weighted by molar-refractivity contribution is 1.33. The zero-order valence-corrected chi connectivity index (χ0v) is 7.21. The lowest BCUT2D eigenvalue weighted by Crippen LogP contribution is -1.64. The molecule has 0 bridgehead atoms. The number of aromatic nitrogens is 1. The fourth-order valence-electron chi connectivity index (χ4n) is 0.627. The molecule has 0 spiro atoms. The van der Waals surface area contributed by atoms with E-state index in [1.807, 2.05) is 29.0 Å². The number of hydrogen-bond acceptors (Lipinski definition) is 2. The summed E-state index contributed by atoms with van der Waals surface area (Å²) in [5.74, 6) is 0. The van der Waals surface area contributed by atoms with Crippen LogP contribution >= 0.6 is 11.3 Å². The number of nitriles is 1. The molecule has 12 heavy (non-hydrogen) atoms. The molecule has 0 aliphatic carbocycles. The van der Waals surface area contributed by atoms with Gasteiger partial charge in [-0.15, -0.1) is 0 Å². The van der Waals surface area contributed by atoms with Crippen molar-refractivity contribution < 1.29 is 0 Å². The Kier molecular flexibility index (Phi) is 3.69. The van der Waals surface area contributed by atoms with Gasteiger partial charge in [0.05, 0.1) is 0 Å². The third kappa shape index (κ3) is 3.04. The van der Waals surface area contributed by atoms with Crippen molar-refractivity contribution in [3.05, 3.63) is 46.9 Å². The molecule has 60 valence electrons. The van der Waals surface area contributed by atoms with Crippen LogP contribution in [-0.2, 0) is 0 Å². The van der Waals surface area contributed by atoms with Gasteiger partial charge in [0.25, 0.3) is 0 Å². The van der Waals surface area contributed by atoms with Crippen LogP contribution in [0.15, 0.2) is 41.2 Å². The van der Waals surface area contributed by atoms with E-state index in [1.54, 1.807) is 29.7 Å². The zero-order chi connectivity index (χ0) is 8.65. The van der Waals surface area contributed by atoms with Gasteiger partial charge in [0.15, 0.2) is 0 Å². The Balaban J connectivity index is 0.000000127. The highest BCUT2D eigenvalue weighted by atomic mass is 32.1. The predicted molar refractivity (Wildman–Crippen MR) is 49.8 cm³/mol. The maximum absolute atomic E-state index is 8.15. The molecule has 2 nitrogen and oxygen atoms in total. The summed E-state index contributed by atoms with van der Waals surface area (Å²) in [5.41, 5.74) is 0.611. The Morgan fingerprint density at radius 1 is 1.25 bits per heavy atom. The number of hydrogen-bond donors (Lipinski definition) is 1. The Morgan fingerprint density at radius 3 is 2.25 bits per heavy atom. The van der Waals surface area contributed by atoms with E-state index in [0.717, 1.165) is 0 Å². The summed E-state index contributed by atoms with van der Waals surface area (Å²) in [6.07, 6.45) is 1.72. The fourth-order valence-corrected chi connectivity index (χ4v) is 1.08. The van der Waals surface area contributed by atoms with Gasteiger partial charge >= 0.3 is 0 Å². The Morgan fingerprint density at radius 2 is 2.00 bits per heavy atom. The molecule has 0 saturated heterocycles. The van der Waals surface area contributed by atoms with Crippen LogP contribution in [0.2, 0.25) is 0 Å². The minimum Gasteiger partial charge on any atom is -0.353 e. The lowest BCUT2D eigenvalue weighted by Gasteiger charge is -1.66. The molecule has 0 amide bonds. The van der Waals surface area contributed by atoms with Gasteiger partial charge in [0.2, 0.25) is 0 Å². The third-order valence-electron chi connectivity index (χ3n) is 1.14. The number of thiophene rings is 1. The summed E-state index contributed by atoms with van der Waals surface area (Å²) in [5, 5.41) is 12.2. The van der Waals surface area contributed by atoms with Gasteiger partial charge in [-0.05, 0) is 22.9 Å². The van der Waals surface area contributed by atoms with Crippen molar-refractivity contribution in [2.45, 2.75) is 0 Å². The zero-order valence-electron chi connectivity index (χ0n) is 6.40. The average Bonchev–Trinajstić information content (AvgIpc) is 2.81. The summed E-state index contributed by atoms with van der Waals surface area (Å²) in [4.78, 5) is 2.73. The quantitative estimate of drug-likeness (QED) is 0.658. The number of rotatable bonds is 0. The van der Waals surface area contributed by atoms with Crippen LogP contribution in [0.4, 0.5) is 0 Å². The van der Waals surface area contributed by atoms with Crippen LogP contribution in [-0.4, -0.2) is 4.98 Å². The van der Waals surface area contributed by atoms with Gasteiger partial charge in [-0.3, -0.25) is 0 Å².